The molecule has 1 aliphatic heterocycles. The van der Waals surface area contributed by atoms with Crippen molar-refractivity contribution >= 4 is 34.4 Å². The van der Waals surface area contributed by atoms with Crippen LogP contribution in [-0.2, 0) is 16.1 Å². The topological polar surface area (TPSA) is 51.5 Å². The summed E-state index contributed by atoms with van der Waals surface area (Å²) < 4.78 is 7.14. The normalized spacial score (nSPS) is 16.3. The molecule has 0 saturated heterocycles. The van der Waals surface area contributed by atoms with E-state index in [-0.39, 0.29) is 24.3 Å². The molecule has 1 unspecified atom stereocenters. The summed E-state index contributed by atoms with van der Waals surface area (Å²) in [5.74, 6) is -0.306. The Morgan fingerprint density at radius 3 is 2.71 bits per heavy atom. The van der Waals surface area contributed by atoms with Crippen molar-refractivity contribution in [3.05, 3.63) is 70.9 Å². The number of esters is 1. The summed E-state index contributed by atoms with van der Waals surface area (Å²) >= 11 is 6.14. The summed E-state index contributed by atoms with van der Waals surface area (Å²) in [5.41, 5.74) is 2.54. The molecule has 0 fully saturated rings. The van der Waals surface area contributed by atoms with Gasteiger partial charge in [0, 0.05) is 29.0 Å². The monoisotopic (exact) mass is 396 g/mol. The van der Waals surface area contributed by atoms with E-state index < -0.39 is 0 Å². The maximum Gasteiger partial charge on any atom is 0.307 e. The molecule has 0 saturated carbocycles. The van der Waals surface area contributed by atoms with Gasteiger partial charge in [0.25, 0.3) is 5.91 Å². The van der Waals surface area contributed by atoms with Gasteiger partial charge in [-0.25, -0.2) is 0 Å². The summed E-state index contributed by atoms with van der Waals surface area (Å²) in [6.45, 7) is 3.09. The zero-order chi connectivity index (χ0) is 19.7. The second-order valence-electron chi connectivity index (χ2n) is 6.94. The minimum absolute atomic E-state index is 0.0451. The number of fused-ring (bicyclic) bond motifs is 3. The Bertz CT molecular complexity index is 1030. The van der Waals surface area contributed by atoms with Crippen molar-refractivity contribution in [2.45, 2.75) is 25.9 Å². The Labute approximate surface area is 168 Å². The number of halogens is 1. The van der Waals surface area contributed by atoms with Gasteiger partial charge < -0.3 is 14.2 Å². The molecular weight excluding hydrogens is 376 g/mol. The highest BCUT2D eigenvalue weighted by molar-refractivity contribution is 6.31. The average molecular weight is 397 g/mol. The highest BCUT2D eigenvalue weighted by Crippen LogP contribution is 2.33. The maximum atomic E-state index is 13.2. The lowest BCUT2D eigenvalue weighted by Crippen LogP contribution is -2.43. The molecule has 0 spiro atoms. The van der Waals surface area contributed by atoms with E-state index in [0.29, 0.717) is 30.4 Å². The van der Waals surface area contributed by atoms with Crippen molar-refractivity contribution in [3.8, 4) is 0 Å². The fraction of sp³-hybridized carbons (Fsp3) is 0.273. The number of benzene rings is 2. The number of aromatic nitrogens is 1. The number of rotatable bonds is 5. The van der Waals surface area contributed by atoms with Gasteiger partial charge in [-0.05, 0) is 36.8 Å². The number of hydrogen-bond acceptors (Lipinski definition) is 3. The lowest BCUT2D eigenvalue weighted by Gasteiger charge is -2.35. The fourth-order valence-electron chi connectivity index (χ4n) is 3.85. The second-order valence-corrected chi connectivity index (χ2v) is 7.37. The predicted molar refractivity (Wildman–Crippen MR) is 108 cm³/mol. The lowest BCUT2D eigenvalue weighted by molar-refractivity contribution is -0.144. The highest BCUT2D eigenvalue weighted by atomic mass is 35.5. The molecule has 0 bridgehead atoms. The molecule has 1 aromatic heterocycles. The molecule has 3 aromatic rings. The van der Waals surface area contributed by atoms with Gasteiger partial charge in [0.1, 0.15) is 5.69 Å². The van der Waals surface area contributed by atoms with Crippen molar-refractivity contribution in [1.29, 1.82) is 0 Å². The molecule has 0 aliphatic carbocycles. The minimum atomic E-state index is -0.261. The van der Waals surface area contributed by atoms with Crippen molar-refractivity contribution in [2.24, 2.45) is 0 Å². The number of carbonyl (C=O) groups is 2. The zero-order valence-electron chi connectivity index (χ0n) is 15.6. The third-order valence-corrected chi connectivity index (χ3v) is 5.26. The SMILES string of the molecule is CCOC(=O)CC1CN(Cc2ccccc2)C(=O)c2cc3cc(Cl)ccc3n21. The smallest absolute Gasteiger partial charge is 0.307 e. The molecule has 1 amide bonds. The van der Waals surface area contributed by atoms with Crippen LogP contribution in [0.3, 0.4) is 0 Å². The summed E-state index contributed by atoms with van der Waals surface area (Å²) in [7, 11) is 0. The largest absolute Gasteiger partial charge is 0.466 e. The van der Waals surface area contributed by atoms with Gasteiger partial charge in [0.15, 0.2) is 0 Å². The Morgan fingerprint density at radius 2 is 1.96 bits per heavy atom. The summed E-state index contributed by atoms with van der Waals surface area (Å²) in [4.78, 5) is 27.2. The molecule has 1 atom stereocenters. The molecule has 144 valence electrons. The summed E-state index contributed by atoms with van der Waals surface area (Å²) in [6.07, 6.45) is 0.214. The molecule has 5 nitrogen and oxygen atoms in total. The Balaban J connectivity index is 1.74. The standard InChI is InChI=1S/C22H21ClN2O3/c1-2-28-21(26)12-18-14-24(13-15-6-4-3-5-7-15)22(27)20-11-16-10-17(23)8-9-19(16)25(18)20/h3-11,18H,2,12-14H2,1H3. The number of carbonyl (C=O) groups excluding carboxylic acids is 2. The molecule has 28 heavy (non-hydrogen) atoms. The van der Waals surface area contributed by atoms with Crippen LogP contribution in [0.15, 0.2) is 54.6 Å². The van der Waals surface area contributed by atoms with Crippen LogP contribution in [0.25, 0.3) is 10.9 Å². The van der Waals surface area contributed by atoms with Crippen LogP contribution in [0, 0.1) is 0 Å². The predicted octanol–water partition coefficient (Wildman–Crippen LogP) is 4.45. The molecule has 1 aliphatic rings. The van der Waals surface area contributed by atoms with E-state index in [4.69, 9.17) is 16.3 Å². The third-order valence-electron chi connectivity index (χ3n) is 5.03. The molecular formula is C22H21ClN2O3. The minimum Gasteiger partial charge on any atom is -0.466 e. The second kappa shape index (κ2) is 7.68. The first kappa shape index (κ1) is 18.6. The van der Waals surface area contributed by atoms with E-state index in [1.807, 2.05) is 53.1 Å². The van der Waals surface area contributed by atoms with Gasteiger partial charge in [-0.3, -0.25) is 9.59 Å². The molecule has 4 rings (SSSR count). The van der Waals surface area contributed by atoms with E-state index >= 15 is 0 Å². The van der Waals surface area contributed by atoms with Crippen LogP contribution >= 0.6 is 11.6 Å². The lowest BCUT2D eigenvalue weighted by atomic mass is 10.1. The first-order valence-electron chi connectivity index (χ1n) is 9.36. The van der Waals surface area contributed by atoms with Crippen LogP contribution in [0.2, 0.25) is 5.02 Å². The van der Waals surface area contributed by atoms with Crippen molar-refractivity contribution in [3.63, 3.8) is 0 Å². The number of amides is 1. The van der Waals surface area contributed by atoms with E-state index in [1.165, 1.54) is 0 Å². The Kier molecular flexibility index (Phi) is 5.09. The van der Waals surface area contributed by atoms with Gasteiger partial charge >= 0.3 is 5.97 Å². The van der Waals surface area contributed by atoms with Crippen LogP contribution < -0.4 is 0 Å². The van der Waals surface area contributed by atoms with Gasteiger partial charge in [-0.2, -0.15) is 0 Å². The average Bonchev–Trinajstić information content (AvgIpc) is 3.05. The van der Waals surface area contributed by atoms with Crippen LogP contribution in [-0.4, -0.2) is 34.5 Å². The zero-order valence-corrected chi connectivity index (χ0v) is 16.4. The number of nitrogens with zero attached hydrogens (tertiary/aromatic N) is 2. The van der Waals surface area contributed by atoms with Crippen LogP contribution in [0.1, 0.15) is 35.4 Å². The van der Waals surface area contributed by atoms with Crippen LogP contribution in [0.5, 0.6) is 0 Å². The van der Waals surface area contributed by atoms with Crippen LogP contribution in [0.4, 0.5) is 0 Å². The first-order chi connectivity index (χ1) is 13.6. The molecule has 6 heteroatoms. The van der Waals surface area contributed by atoms with Gasteiger partial charge in [0.2, 0.25) is 0 Å². The van der Waals surface area contributed by atoms with Crippen molar-refractivity contribution in [2.75, 3.05) is 13.2 Å². The van der Waals surface area contributed by atoms with E-state index in [2.05, 4.69) is 0 Å². The molecule has 0 N–H and O–H groups in total. The van der Waals surface area contributed by atoms with E-state index in [1.54, 1.807) is 17.9 Å². The quantitative estimate of drug-likeness (QED) is 0.599. The molecule has 2 aromatic carbocycles. The fourth-order valence-corrected chi connectivity index (χ4v) is 4.03. The molecule has 2 heterocycles. The summed E-state index contributed by atoms with van der Waals surface area (Å²) in [5, 5.41) is 1.51. The van der Waals surface area contributed by atoms with E-state index in [9.17, 15) is 9.59 Å². The Morgan fingerprint density at radius 1 is 1.18 bits per heavy atom. The van der Waals surface area contributed by atoms with Gasteiger partial charge in [-0.15, -0.1) is 0 Å². The maximum absolute atomic E-state index is 13.2. The number of ether oxygens (including phenoxy) is 1. The Hall–Kier alpha value is -2.79. The third kappa shape index (κ3) is 3.50. The van der Waals surface area contributed by atoms with Gasteiger partial charge in [-0.1, -0.05) is 41.9 Å². The summed E-state index contributed by atoms with van der Waals surface area (Å²) in [6, 6.07) is 17.1. The number of hydrogen-bond donors (Lipinski definition) is 0. The highest BCUT2D eigenvalue weighted by Gasteiger charge is 2.34. The van der Waals surface area contributed by atoms with Crippen molar-refractivity contribution < 1.29 is 14.3 Å². The molecule has 0 radical (unpaired) electrons. The van der Waals surface area contributed by atoms with Crippen molar-refractivity contribution in [1.82, 2.24) is 9.47 Å². The first-order valence-corrected chi connectivity index (χ1v) is 9.74. The van der Waals surface area contributed by atoms with Gasteiger partial charge in [0.05, 0.1) is 19.1 Å². The van der Waals surface area contributed by atoms with E-state index in [0.717, 1.165) is 16.5 Å².